The van der Waals surface area contributed by atoms with Crippen LogP contribution < -0.4 is 0 Å². The number of nitrogens with zero attached hydrogens (tertiary/aromatic N) is 2. The van der Waals surface area contributed by atoms with Crippen molar-refractivity contribution in [2.24, 2.45) is 0 Å². The molecule has 9 heavy (non-hydrogen) atoms. The molecule has 0 bridgehead atoms. The van der Waals surface area contributed by atoms with Crippen molar-refractivity contribution in [3.8, 4) is 0 Å². The molecular weight excluding hydrogens is 122 g/mol. The summed E-state index contributed by atoms with van der Waals surface area (Å²) in [5, 5.41) is 5.62. The maximum Gasteiger partial charge on any atom is 0.214 e. The highest BCUT2D eigenvalue weighted by Crippen LogP contribution is 1.82. The SMILES string of the molecule is O=Cc1n[nH]c(C=O)n1. The molecule has 0 amide bonds. The van der Waals surface area contributed by atoms with Gasteiger partial charge in [0, 0.05) is 0 Å². The van der Waals surface area contributed by atoms with E-state index in [1.807, 2.05) is 0 Å². The van der Waals surface area contributed by atoms with E-state index in [1.165, 1.54) is 0 Å². The van der Waals surface area contributed by atoms with Crippen molar-refractivity contribution in [3.05, 3.63) is 11.6 Å². The fourth-order valence-electron chi connectivity index (χ4n) is 0.393. The van der Waals surface area contributed by atoms with Crippen LogP contribution in [0.4, 0.5) is 0 Å². The first-order chi connectivity index (χ1) is 4.36. The van der Waals surface area contributed by atoms with Crippen LogP contribution in [-0.2, 0) is 0 Å². The lowest BCUT2D eigenvalue weighted by Gasteiger charge is -1.67. The molecule has 0 unspecified atom stereocenters. The highest BCUT2D eigenvalue weighted by Gasteiger charge is 1.96. The Morgan fingerprint density at radius 2 is 2.11 bits per heavy atom. The van der Waals surface area contributed by atoms with Crippen LogP contribution in [0.25, 0.3) is 0 Å². The van der Waals surface area contributed by atoms with Crippen molar-refractivity contribution in [1.82, 2.24) is 15.2 Å². The second-order valence-electron chi connectivity index (χ2n) is 1.31. The molecule has 0 aromatic carbocycles. The summed E-state index contributed by atoms with van der Waals surface area (Å²) in [6, 6.07) is 0. The lowest BCUT2D eigenvalue weighted by Crippen LogP contribution is -1.82. The summed E-state index contributed by atoms with van der Waals surface area (Å²) in [5.41, 5.74) is 0. The molecule has 0 aliphatic heterocycles. The van der Waals surface area contributed by atoms with Gasteiger partial charge in [0.15, 0.2) is 18.4 Å². The number of nitrogens with one attached hydrogen (secondary N) is 1. The fraction of sp³-hybridized carbons (Fsp3) is 0. The number of hydrogen-bond donors (Lipinski definition) is 1. The third-order valence-electron chi connectivity index (χ3n) is 0.737. The number of carbonyl (C=O) groups is 2. The molecule has 1 aromatic heterocycles. The van der Waals surface area contributed by atoms with Crippen molar-refractivity contribution in [2.45, 2.75) is 0 Å². The van der Waals surface area contributed by atoms with E-state index < -0.39 is 0 Å². The molecule has 0 fully saturated rings. The first-order valence-electron chi connectivity index (χ1n) is 2.19. The standard InChI is InChI=1S/C4H3N3O2/c8-1-3-5-4(2-9)7-6-3/h1-2H,(H,5,6,7). The van der Waals surface area contributed by atoms with E-state index in [1.54, 1.807) is 0 Å². The molecule has 0 aliphatic carbocycles. The van der Waals surface area contributed by atoms with Gasteiger partial charge >= 0.3 is 0 Å². The van der Waals surface area contributed by atoms with Gasteiger partial charge in [-0.1, -0.05) is 0 Å². The molecule has 1 heterocycles. The number of rotatable bonds is 2. The van der Waals surface area contributed by atoms with Crippen LogP contribution in [-0.4, -0.2) is 27.8 Å². The van der Waals surface area contributed by atoms with Crippen LogP contribution in [0.3, 0.4) is 0 Å². The lowest BCUT2D eigenvalue weighted by molar-refractivity contribution is 0.111. The molecule has 46 valence electrons. The number of aromatic amines is 1. The van der Waals surface area contributed by atoms with Gasteiger partial charge in [-0.25, -0.2) is 4.98 Å². The Morgan fingerprint density at radius 1 is 1.33 bits per heavy atom. The molecule has 0 aliphatic rings. The number of aromatic nitrogens is 3. The van der Waals surface area contributed by atoms with Crippen molar-refractivity contribution >= 4 is 12.6 Å². The van der Waals surface area contributed by atoms with E-state index >= 15 is 0 Å². The predicted molar refractivity (Wildman–Crippen MR) is 27.2 cm³/mol. The molecule has 1 N–H and O–H groups in total. The molecule has 1 aromatic rings. The first-order valence-corrected chi connectivity index (χ1v) is 2.19. The van der Waals surface area contributed by atoms with Gasteiger partial charge in [-0.2, -0.15) is 5.10 Å². The highest BCUT2D eigenvalue weighted by atomic mass is 16.1. The van der Waals surface area contributed by atoms with E-state index in [0.717, 1.165) is 0 Å². The zero-order valence-electron chi connectivity index (χ0n) is 4.37. The summed E-state index contributed by atoms with van der Waals surface area (Å²) in [4.78, 5) is 23.2. The Hall–Kier alpha value is -1.52. The van der Waals surface area contributed by atoms with Gasteiger partial charge < -0.3 is 0 Å². The zero-order chi connectivity index (χ0) is 6.69. The van der Waals surface area contributed by atoms with Crippen LogP contribution in [0, 0.1) is 0 Å². The lowest BCUT2D eigenvalue weighted by atomic mass is 10.7. The van der Waals surface area contributed by atoms with Crippen molar-refractivity contribution in [3.63, 3.8) is 0 Å². The second kappa shape index (κ2) is 2.17. The normalized spacial score (nSPS) is 8.89. The van der Waals surface area contributed by atoms with Gasteiger partial charge in [0.2, 0.25) is 5.82 Å². The average Bonchev–Trinajstić information content (AvgIpc) is 2.34. The minimum Gasteiger partial charge on any atom is -0.294 e. The highest BCUT2D eigenvalue weighted by molar-refractivity contribution is 5.73. The Bertz CT molecular complexity index is 207. The monoisotopic (exact) mass is 125 g/mol. The molecule has 0 spiro atoms. The van der Waals surface area contributed by atoms with E-state index in [4.69, 9.17) is 0 Å². The Balaban J connectivity index is 2.98. The summed E-state index contributed by atoms with van der Waals surface area (Å²) >= 11 is 0. The predicted octanol–water partition coefficient (Wildman–Crippen LogP) is -0.570. The smallest absolute Gasteiger partial charge is 0.214 e. The van der Waals surface area contributed by atoms with Gasteiger partial charge in [0.1, 0.15) is 0 Å². The molecule has 1 rings (SSSR count). The molecule has 0 saturated carbocycles. The number of H-pyrrole nitrogens is 1. The average molecular weight is 125 g/mol. The quantitative estimate of drug-likeness (QED) is 0.537. The minimum absolute atomic E-state index is 0.00269. The third kappa shape index (κ3) is 0.987. The van der Waals surface area contributed by atoms with E-state index in [0.29, 0.717) is 12.6 Å². The number of aldehydes is 2. The molecule has 5 heteroatoms. The summed E-state index contributed by atoms with van der Waals surface area (Å²) < 4.78 is 0. The third-order valence-corrected chi connectivity index (χ3v) is 0.737. The summed E-state index contributed by atoms with van der Waals surface area (Å²) in [6.07, 6.45) is 0.948. The molecule has 5 nitrogen and oxygen atoms in total. The Kier molecular flexibility index (Phi) is 1.35. The van der Waals surface area contributed by atoms with Crippen LogP contribution >= 0.6 is 0 Å². The zero-order valence-corrected chi connectivity index (χ0v) is 4.37. The minimum atomic E-state index is -0.00269. The van der Waals surface area contributed by atoms with Gasteiger partial charge in [-0.05, 0) is 0 Å². The molecular formula is C4H3N3O2. The molecule has 0 atom stereocenters. The summed E-state index contributed by atoms with van der Waals surface area (Å²) in [7, 11) is 0. The van der Waals surface area contributed by atoms with Gasteiger partial charge in [-0.15, -0.1) is 0 Å². The van der Waals surface area contributed by atoms with Gasteiger partial charge in [0.25, 0.3) is 0 Å². The largest absolute Gasteiger partial charge is 0.294 e. The van der Waals surface area contributed by atoms with E-state index in [9.17, 15) is 9.59 Å². The van der Waals surface area contributed by atoms with Crippen LogP contribution in [0.5, 0.6) is 0 Å². The van der Waals surface area contributed by atoms with E-state index in [2.05, 4.69) is 15.2 Å². The number of carbonyl (C=O) groups excluding carboxylic acids is 2. The van der Waals surface area contributed by atoms with Crippen molar-refractivity contribution in [1.29, 1.82) is 0 Å². The topological polar surface area (TPSA) is 75.7 Å². The maximum atomic E-state index is 9.89. The molecule has 0 saturated heterocycles. The fourth-order valence-corrected chi connectivity index (χ4v) is 0.393. The van der Waals surface area contributed by atoms with E-state index in [-0.39, 0.29) is 11.6 Å². The van der Waals surface area contributed by atoms with Crippen LogP contribution in [0.15, 0.2) is 0 Å². The second-order valence-corrected chi connectivity index (χ2v) is 1.31. The van der Waals surface area contributed by atoms with Crippen LogP contribution in [0.2, 0.25) is 0 Å². The Labute approximate surface area is 50.1 Å². The van der Waals surface area contributed by atoms with Crippen molar-refractivity contribution < 1.29 is 9.59 Å². The first kappa shape index (κ1) is 5.61. The summed E-state index contributed by atoms with van der Waals surface area (Å²) in [5.74, 6) is 0.0641. The van der Waals surface area contributed by atoms with Crippen LogP contribution in [0.1, 0.15) is 21.2 Å². The maximum absolute atomic E-state index is 9.89. The van der Waals surface area contributed by atoms with Gasteiger partial charge in [0.05, 0.1) is 0 Å². The summed E-state index contributed by atoms with van der Waals surface area (Å²) in [6.45, 7) is 0. The van der Waals surface area contributed by atoms with Gasteiger partial charge in [-0.3, -0.25) is 14.7 Å². The molecule has 0 radical (unpaired) electrons. The number of hydrogen-bond acceptors (Lipinski definition) is 4. The van der Waals surface area contributed by atoms with Crippen molar-refractivity contribution in [2.75, 3.05) is 0 Å². The Morgan fingerprint density at radius 3 is 2.44 bits per heavy atom.